The smallest absolute Gasteiger partial charge is 0.0108 e. The van der Waals surface area contributed by atoms with Gasteiger partial charge in [-0.15, -0.1) is 0 Å². The van der Waals surface area contributed by atoms with Crippen LogP contribution in [0.15, 0.2) is 30.3 Å². The van der Waals surface area contributed by atoms with Gasteiger partial charge >= 0.3 is 0 Å². The molecule has 1 saturated carbocycles. The maximum atomic E-state index is 5.69. The highest BCUT2D eigenvalue weighted by molar-refractivity contribution is 5.14. The minimum Gasteiger partial charge on any atom is -0.329 e. The molecular weight excluding hydrogens is 208 g/mol. The highest BCUT2D eigenvalue weighted by Gasteiger charge is 2.23. The van der Waals surface area contributed by atoms with E-state index in [0.29, 0.717) is 0 Å². The Hall–Kier alpha value is -0.860. The van der Waals surface area contributed by atoms with Gasteiger partial charge in [-0.3, -0.25) is 4.90 Å². The molecule has 94 valence electrons. The molecule has 0 saturated heterocycles. The third-order valence-electron chi connectivity index (χ3n) is 3.76. The van der Waals surface area contributed by atoms with E-state index in [1.54, 1.807) is 0 Å². The Labute approximate surface area is 105 Å². The van der Waals surface area contributed by atoms with Crippen LogP contribution in [0.4, 0.5) is 0 Å². The molecule has 1 aliphatic rings. The summed E-state index contributed by atoms with van der Waals surface area (Å²) in [6.45, 7) is 3.07. The molecule has 0 bridgehead atoms. The Morgan fingerprint density at radius 1 is 1.12 bits per heavy atom. The molecule has 0 aliphatic heterocycles. The van der Waals surface area contributed by atoms with Crippen LogP contribution in [-0.4, -0.2) is 30.6 Å². The van der Waals surface area contributed by atoms with E-state index in [1.165, 1.54) is 44.2 Å². The monoisotopic (exact) mass is 232 g/mol. The molecule has 0 amide bonds. The molecule has 1 aromatic carbocycles. The fourth-order valence-electron chi connectivity index (χ4n) is 2.53. The van der Waals surface area contributed by atoms with E-state index in [0.717, 1.165) is 19.1 Å². The van der Waals surface area contributed by atoms with Gasteiger partial charge in [-0.2, -0.15) is 0 Å². The molecule has 2 nitrogen and oxygen atoms in total. The second-order valence-electron chi connectivity index (χ2n) is 5.00. The second-order valence-corrected chi connectivity index (χ2v) is 5.00. The maximum Gasteiger partial charge on any atom is 0.0108 e. The van der Waals surface area contributed by atoms with Gasteiger partial charge in [0.1, 0.15) is 0 Å². The summed E-state index contributed by atoms with van der Waals surface area (Å²) in [4.78, 5) is 2.59. The van der Waals surface area contributed by atoms with Gasteiger partial charge in [0.05, 0.1) is 0 Å². The average Bonchev–Trinajstić information content (AvgIpc) is 2.28. The largest absolute Gasteiger partial charge is 0.329 e. The van der Waals surface area contributed by atoms with Crippen LogP contribution in [0.2, 0.25) is 0 Å². The lowest BCUT2D eigenvalue weighted by molar-refractivity contribution is 0.129. The Balaban J connectivity index is 1.71. The molecule has 2 rings (SSSR count). The van der Waals surface area contributed by atoms with Gasteiger partial charge in [0.2, 0.25) is 0 Å². The lowest BCUT2D eigenvalue weighted by Crippen LogP contribution is -2.43. The molecule has 0 radical (unpaired) electrons. The summed E-state index contributed by atoms with van der Waals surface area (Å²) in [6.07, 6.45) is 6.61. The topological polar surface area (TPSA) is 29.3 Å². The van der Waals surface area contributed by atoms with Crippen LogP contribution < -0.4 is 5.73 Å². The van der Waals surface area contributed by atoms with E-state index in [9.17, 15) is 0 Å². The van der Waals surface area contributed by atoms with Gasteiger partial charge in [0.25, 0.3) is 0 Å². The van der Waals surface area contributed by atoms with Crippen molar-refractivity contribution in [1.82, 2.24) is 4.90 Å². The third kappa shape index (κ3) is 3.83. The van der Waals surface area contributed by atoms with E-state index in [-0.39, 0.29) is 0 Å². The quantitative estimate of drug-likeness (QED) is 0.782. The Bertz CT molecular complexity index is 306. The molecule has 0 aromatic heterocycles. The summed E-state index contributed by atoms with van der Waals surface area (Å²) < 4.78 is 0. The summed E-state index contributed by atoms with van der Waals surface area (Å²) in [7, 11) is 0. The first-order valence-electron chi connectivity index (χ1n) is 6.88. The van der Waals surface area contributed by atoms with Crippen LogP contribution in [0.3, 0.4) is 0 Å². The predicted molar refractivity (Wildman–Crippen MR) is 73.0 cm³/mol. The average molecular weight is 232 g/mol. The van der Waals surface area contributed by atoms with E-state index in [2.05, 4.69) is 35.2 Å². The maximum absolute atomic E-state index is 5.69. The Kier molecular flexibility index (Phi) is 5.02. The summed E-state index contributed by atoms with van der Waals surface area (Å²) >= 11 is 0. The second kappa shape index (κ2) is 6.77. The van der Waals surface area contributed by atoms with Gasteiger partial charge in [0.15, 0.2) is 0 Å². The van der Waals surface area contributed by atoms with Gasteiger partial charge in [-0.25, -0.2) is 0 Å². The summed E-state index contributed by atoms with van der Waals surface area (Å²) in [5.41, 5.74) is 7.14. The molecule has 2 heteroatoms. The molecule has 2 N–H and O–H groups in total. The van der Waals surface area contributed by atoms with Crippen molar-refractivity contribution >= 4 is 0 Å². The summed E-state index contributed by atoms with van der Waals surface area (Å²) in [6, 6.07) is 11.6. The molecule has 0 spiro atoms. The van der Waals surface area contributed by atoms with E-state index in [4.69, 9.17) is 5.73 Å². The van der Waals surface area contributed by atoms with E-state index < -0.39 is 0 Å². The molecule has 0 heterocycles. The minimum absolute atomic E-state index is 0.793. The summed E-state index contributed by atoms with van der Waals surface area (Å²) in [5, 5.41) is 0. The zero-order valence-electron chi connectivity index (χ0n) is 10.6. The van der Waals surface area contributed by atoms with Crippen LogP contribution in [0, 0.1) is 0 Å². The molecule has 0 unspecified atom stereocenters. The van der Waals surface area contributed by atoms with Crippen molar-refractivity contribution in [3.05, 3.63) is 35.9 Å². The van der Waals surface area contributed by atoms with Crippen LogP contribution in [0.25, 0.3) is 0 Å². The minimum atomic E-state index is 0.793. The number of aryl methyl sites for hydroxylation is 1. The van der Waals surface area contributed by atoms with Crippen molar-refractivity contribution in [3.8, 4) is 0 Å². The van der Waals surface area contributed by atoms with Crippen molar-refractivity contribution in [1.29, 1.82) is 0 Å². The van der Waals surface area contributed by atoms with Crippen molar-refractivity contribution in [2.75, 3.05) is 19.6 Å². The Morgan fingerprint density at radius 3 is 2.47 bits per heavy atom. The van der Waals surface area contributed by atoms with Gasteiger partial charge in [0, 0.05) is 19.1 Å². The standard InChI is InChI=1S/C15H24N2/c16-11-13-17(15-9-4-10-15)12-5-8-14-6-2-1-3-7-14/h1-3,6-7,15H,4-5,8-13,16H2. The highest BCUT2D eigenvalue weighted by Crippen LogP contribution is 2.24. The normalized spacial score (nSPS) is 16.1. The van der Waals surface area contributed by atoms with Crippen molar-refractivity contribution < 1.29 is 0 Å². The molecular formula is C15H24N2. The lowest BCUT2D eigenvalue weighted by atomic mass is 9.91. The van der Waals surface area contributed by atoms with Crippen LogP contribution in [-0.2, 0) is 6.42 Å². The number of nitrogens with two attached hydrogens (primary N) is 1. The van der Waals surface area contributed by atoms with Crippen molar-refractivity contribution in [2.24, 2.45) is 5.73 Å². The number of hydrogen-bond donors (Lipinski definition) is 1. The predicted octanol–water partition coefficient (Wildman–Crippen LogP) is 2.43. The molecule has 1 aliphatic carbocycles. The zero-order valence-corrected chi connectivity index (χ0v) is 10.6. The first-order chi connectivity index (χ1) is 8.40. The molecule has 1 aromatic rings. The number of benzene rings is 1. The highest BCUT2D eigenvalue weighted by atomic mass is 15.2. The van der Waals surface area contributed by atoms with E-state index >= 15 is 0 Å². The van der Waals surface area contributed by atoms with Gasteiger partial charge in [-0.1, -0.05) is 36.8 Å². The number of nitrogens with zero attached hydrogens (tertiary/aromatic N) is 1. The third-order valence-corrected chi connectivity index (χ3v) is 3.76. The van der Waals surface area contributed by atoms with Crippen molar-refractivity contribution in [3.63, 3.8) is 0 Å². The number of rotatable bonds is 7. The fraction of sp³-hybridized carbons (Fsp3) is 0.600. The number of hydrogen-bond acceptors (Lipinski definition) is 2. The zero-order chi connectivity index (χ0) is 11.9. The fourth-order valence-corrected chi connectivity index (χ4v) is 2.53. The van der Waals surface area contributed by atoms with Crippen LogP contribution in [0.5, 0.6) is 0 Å². The SMILES string of the molecule is NCCN(CCCc1ccccc1)C1CCC1. The first-order valence-corrected chi connectivity index (χ1v) is 6.88. The van der Waals surface area contributed by atoms with Gasteiger partial charge in [-0.05, 0) is 37.8 Å². The van der Waals surface area contributed by atoms with Crippen molar-refractivity contribution in [2.45, 2.75) is 38.1 Å². The molecule has 1 fully saturated rings. The van der Waals surface area contributed by atoms with Gasteiger partial charge < -0.3 is 5.73 Å². The first kappa shape index (κ1) is 12.6. The van der Waals surface area contributed by atoms with E-state index in [1.807, 2.05) is 0 Å². The van der Waals surface area contributed by atoms with Crippen LogP contribution in [0.1, 0.15) is 31.2 Å². The summed E-state index contributed by atoms with van der Waals surface area (Å²) in [5.74, 6) is 0. The molecule has 0 atom stereocenters. The molecule has 17 heavy (non-hydrogen) atoms. The lowest BCUT2D eigenvalue weighted by Gasteiger charge is -2.37. The van der Waals surface area contributed by atoms with Crippen LogP contribution >= 0.6 is 0 Å². The Morgan fingerprint density at radius 2 is 1.88 bits per heavy atom.